The normalized spacial score (nSPS) is 13.0. The minimum atomic E-state index is -4.89. The molecule has 0 unspecified atom stereocenters. The fraction of sp³-hybridized carbons (Fsp3) is 0.149. The standard InChI is InChI=1S/C47H41N11O10S2/c1-29(26-32-6-11-34(27-42(32)70(66,67)68)47(4,5)55-52-39-22-20-38(21-23-39)51-49-36-16-9-31(10-17-36)45(61)62)41-25-24-40(28-43(41)69(56-63,57-64)58-65)53-54-46(2,3)33-12-18-37(19-13-33)50-48-35-14-7-30(8-15-35)44(59)60/h6-28H,1-5H3,(H,59,60)(H,61,62)(H,66,67,68). The summed E-state index contributed by atoms with van der Waals surface area (Å²) in [4.78, 5) is 57.8. The second kappa shape index (κ2) is 21.2. The topological polar surface area (TPSA) is 316 Å². The Morgan fingerprint density at radius 1 is 0.486 bits per heavy atom. The van der Waals surface area contributed by atoms with Crippen molar-refractivity contribution < 1.29 is 32.8 Å². The van der Waals surface area contributed by atoms with E-state index >= 15 is 0 Å². The number of aromatic carboxylic acids is 2. The monoisotopic (exact) mass is 983 g/mol. The zero-order valence-electron chi connectivity index (χ0n) is 37.7. The number of hydrogen-bond donors (Lipinski definition) is 3. The van der Waals surface area contributed by atoms with Crippen molar-refractivity contribution in [2.75, 3.05) is 0 Å². The van der Waals surface area contributed by atoms with E-state index in [-0.39, 0.29) is 38.4 Å². The Kier molecular flexibility index (Phi) is 15.4. The molecule has 0 aromatic heterocycles. The molecule has 0 radical (unpaired) electrons. The zero-order valence-corrected chi connectivity index (χ0v) is 39.3. The quantitative estimate of drug-likeness (QED) is 0.0298. The summed E-state index contributed by atoms with van der Waals surface area (Å²) in [7, 11) is -9.02. The molecule has 0 heterocycles. The Morgan fingerprint density at radius 2 is 0.857 bits per heavy atom. The third-order valence-electron chi connectivity index (χ3n) is 10.4. The van der Waals surface area contributed by atoms with Crippen LogP contribution in [0.15, 0.2) is 198 Å². The molecule has 6 aromatic carbocycles. The SMILES string of the molecule is CC(=Cc1ccc(C(C)(C)N=Nc2ccc(N=Nc3ccc(C(=O)O)cc3)cc2)cc1S(=O)(=O)O)c1ccc(N=NC(C)(C)c2ccc(N=Nc3ccc(C(=O)O)cc3)cc2)cc1S(N=O)(N=O)N=O. The van der Waals surface area contributed by atoms with E-state index in [2.05, 4.69) is 54.7 Å². The molecular weight excluding hydrogens is 943 g/mol. The van der Waals surface area contributed by atoms with Crippen molar-refractivity contribution in [3.8, 4) is 0 Å². The average Bonchev–Trinajstić information content (AvgIpc) is 3.35. The highest BCUT2D eigenvalue weighted by molar-refractivity contribution is 8.30. The molecule has 0 aliphatic carbocycles. The first kappa shape index (κ1) is 50.9. The molecule has 356 valence electrons. The van der Waals surface area contributed by atoms with Crippen molar-refractivity contribution >= 4 is 78.4 Å². The van der Waals surface area contributed by atoms with Crippen LogP contribution < -0.4 is 0 Å². The van der Waals surface area contributed by atoms with Crippen LogP contribution in [0.4, 0.5) is 34.1 Å². The Bertz CT molecular complexity index is 3230. The molecule has 0 saturated heterocycles. The first-order chi connectivity index (χ1) is 33.2. The highest BCUT2D eigenvalue weighted by atomic mass is 32.3. The van der Waals surface area contributed by atoms with Crippen molar-refractivity contribution in [1.29, 1.82) is 0 Å². The molecule has 0 aliphatic rings. The van der Waals surface area contributed by atoms with Gasteiger partial charge in [0.15, 0.2) is 10.6 Å². The van der Waals surface area contributed by atoms with Crippen LogP contribution in [0.1, 0.15) is 77.6 Å². The summed E-state index contributed by atoms with van der Waals surface area (Å²) >= 11 is 0. The van der Waals surface area contributed by atoms with Crippen molar-refractivity contribution in [2.24, 2.45) is 54.7 Å². The molecule has 0 aliphatic heterocycles. The summed E-state index contributed by atoms with van der Waals surface area (Å²) in [6.45, 7) is 8.41. The minimum Gasteiger partial charge on any atom is -0.478 e. The molecule has 0 fully saturated rings. The number of azo groups is 4. The van der Waals surface area contributed by atoms with Gasteiger partial charge in [-0.3, -0.25) is 4.55 Å². The molecule has 3 N–H and O–H groups in total. The van der Waals surface area contributed by atoms with E-state index in [0.717, 1.165) is 0 Å². The number of benzene rings is 6. The first-order valence-corrected chi connectivity index (χ1v) is 23.5. The molecule has 0 saturated carbocycles. The van der Waals surface area contributed by atoms with Crippen LogP contribution in [-0.2, 0) is 21.2 Å². The van der Waals surface area contributed by atoms with Gasteiger partial charge in [-0.05, 0) is 166 Å². The first-order valence-electron chi connectivity index (χ1n) is 20.6. The number of carboxylic acid groups (broad SMARTS) is 2. The second-order valence-corrected chi connectivity index (χ2v) is 19.5. The van der Waals surface area contributed by atoms with E-state index in [0.29, 0.717) is 39.6 Å². The smallest absolute Gasteiger partial charge is 0.335 e. The van der Waals surface area contributed by atoms with Gasteiger partial charge < -0.3 is 10.2 Å². The third-order valence-corrected chi connectivity index (χ3v) is 12.9. The lowest BCUT2D eigenvalue weighted by Gasteiger charge is -2.21. The molecule has 23 heteroatoms. The zero-order chi connectivity index (χ0) is 50.9. The molecular formula is C47H41N11O10S2. The van der Waals surface area contributed by atoms with Gasteiger partial charge in [0.05, 0.1) is 50.1 Å². The maximum atomic E-state index is 12.9. The van der Waals surface area contributed by atoms with Gasteiger partial charge in [0.1, 0.15) is 16.0 Å². The summed E-state index contributed by atoms with van der Waals surface area (Å²) in [5, 5.41) is 52.3. The Labute approximate surface area is 401 Å². The number of nitroso groups, excluding NO2 is 3. The highest BCUT2D eigenvalue weighted by Gasteiger charge is 2.35. The molecule has 0 bridgehead atoms. The summed E-state index contributed by atoms with van der Waals surface area (Å²) in [5.41, 5.74) is 1.92. The number of rotatable bonds is 19. The molecule has 0 spiro atoms. The van der Waals surface area contributed by atoms with E-state index in [1.807, 2.05) is 0 Å². The van der Waals surface area contributed by atoms with Crippen LogP contribution in [0.3, 0.4) is 0 Å². The maximum Gasteiger partial charge on any atom is 0.335 e. The average molecular weight is 984 g/mol. The van der Waals surface area contributed by atoms with Crippen molar-refractivity contribution in [2.45, 2.75) is 55.5 Å². The number of nitrogens with zero attached hydrogens (tertiary/aromatic N) is 11. The van der Waals surface area contributed by atoms with Gasteiger partial charge in [-0.15, -0.1) is 14.7 Å². The van der Waals surface area contributed by atoms with E-state index < -0.39 is 48.6 Å². The van der Waals surface area contributed by atoms with Gasteiger partial charge in [-0.25, -0.2) is 9.59 Å². The van der Waals surface area contributed by atoms with E-state index in [9.17, 15) is 37.3 Å². The van der Waals surface area contributed by atoms with Gasteiger partial charge in [0, 0.05) is 13.7 Å². The van der Waals surface area contributed by atoms with E-state index in [4.69, 9.17) is 10.2 Å². The lowest BCUT2D eigenvalue weighted by atomic mass is 9.94. The van der Waals surface area contributed by atoms with Crippen LogP contribution in [0.25, 0.3) is 11.6 Å². The van der Waals surface area contributed by atoms with Crippen LogP contribution in [-0.4, -0.2) is 35.1 Å². The predicted molar refractivity (Wildman–Crippen MR) is 263 cm³/mol. The van der Waals surface area contributed by atoms with Crippen LogP contribution in [0.5, 0.6) is 0 Å². The molecule has 0 atom stereocenters. The van der Waals surface area contributed by atoms with Gasteiger partial charge in [0.2, 0.25) is 0 Å². The number of allylic oxidation sites excluding steroid dienone is 1. The molecule has 70 heavy (non-hydrogen) atoms. The third kappa shape index (κ3) is 12.3. The molecule has 6 aromatic rings. The van der Waals surface area contributed by atoms with Crippen LogP contribution >= 0.6 is 10.6 Å². The summed E-state index contributed by atoms with van der Waals surface area (Å²) in [5.74, 6) is -2.11. The largest absolute Gasteiger partial charge is 0.478 e. The number of hydrogen-bond acceptors (Lipinski definition) is 18. The van der Waals surface area contributed by atoms with Crippen molar-refractivity contribution in [3.63, 3.8) is 0 Å². The van der Waals surface area contributed by atoms with Gasteiger partial charge in [0.25, 0.3) is 10.1 Å². The van der Waals surface area contributed by atoms with Gasteiger partial charge in [-0.2, -0.15) is 49.3 Å². The Hall–Kier alpha value is -8.54. The van der Waals surface area contributed by atoms with E-state index in [1.54, 1.807) is 82.3 Å². The van der Waals surface area contributed by atoms with Gasteiger partial charge in [-0.1, -0.05) is 36.4 Å². The van der Waals surface area contributed by atoms with E-state index in [1.165, 1.54) is 91.9 Å². The van der Waals surface area contributed by atoms with Crippen molar-refractivity contribution in [3.05, 3.63) is 182 Å². The van der Waals surface area contributed by atoms with Crippen molar-refractivity contribution in [1.82, 2.24) is 0 Å². The highest BCUT2D eigenvalue weighted by Crippen LogP contribution is 2.62. The lowest BCUT2D eigenvalue weighted by Crippen LogP contribution is -2.14. The molecule has 6 rings (SSSR count). The Balaban J connectivity index is 1.23. The maximum absolute atomic E-state index is 12.9. The van der Waals surface area contributed by atoms with Gasteiger partial charge >= 0.3 is 11.9 Å². The molecule has 21 nitrogen and oxygen atoms in total. The second-order valence-electron chi connectivity index (χ2n) is 16.2. The summed E-state index contributed by atoms with van der Waals surface area (Å²) in [6.07, 6.45) is 1.36. The lowest BCUT2D eigenvalue weighted by molar-refractivity contribution is 0.0686. The number of carboxylic acids is 2. The fourth-order valence-corrected chi connectivity index (χ4v) is 8.26. The summed E-state index contributed by atoms with van der Waals surface area (Å²) < 4.78 is 44.4. The van der Waals surface area contributed by atoms with Crippen LogP contribution in [0, 0.1) is 14.7 Å². The number of carbonyl (C=O) groups is 2. The summed E-state index contributed by atoms with van der Waals surface area (Å²) in [6, 6.07) is 33.6. The molecule has 0 amide bonds. The minimum absolute atomic E-state index is 0.00444. The predicted octanol–water partition coefficient (Wildman–Crippen LogP) is 15.0. The van der Waals surface area contributed by atoms with Crippen LogP contribution in [0.2, 0.25) is 0 Å². The Morgan fingerprint density at radius 3 is 1.29 bits per heavy atom. The fourth-order valence-electron chi connectivity index (χ4n) is 6.43.